The van der Waals surface area contributed by atoms with Gasteiger partial charge in [0.05, 0.1) is 18.7 Å². The molecule has 0 bridgehead atoms. The molecule has 19 heavy (non-hydrogen) atoms. The maximum absolute atomic E-state index is 12.3. The number of hydrogen-bond acceptors (Lipinski definition) is 3. The molecule has 0 N–H and O–H groups in total. The van der Waals surface area contributed by atoms with Crippen LogP contribution >= 0.6 is 11.3 Å². The van der Waals surface area contributed by atoms with E-state index in [1.807, 2.05) is 55.1 Å². The van der Waals surface area contributed by atoms with Crippen molar-refractivity contribution in [3.63, 3.8) is 0 Å². The number of carbonyl (C=O) groups excluding carboxylic acids is 1. The highest BCUT2D eigenvalue weighted by atomic mass is 32.1. The summed E-state index contributed by atoms with van der Waals surface area (Å²) in [4.78, 5) is 14.0. The van der Waals surface area contributed by atoms with Gasteiger partial charge in [0.15, 0.2) is 0 Å². The average Bonchev–Trinajstić information content (AvgIpc) is 2.99. The third-order valence-electron chi connectivity index (χ3n) is 3.27. The predicted molar refractivity (Wildman–Crippen MR) is 77.8 cm³/mol. The van der Waals surface area contributed by atoms with Gasteiger partial charge in [-0.15, -0.1) is 0 Å². The molecule has 1 aromatic carbocycles. The van der Waals surface area contributed by atoms with Crippen molar-refractivity contribution in [1.29, 1.82) is 0 Å². The van der Waals surface area contributed by atoms with E-state index in [4.69, 9.17) is 4.74 Å². The van der Waals surface area contributed by atoms with Crippen molar-refractivity contribution >= 4 is 17.2 Å². The van der Waals surface area contributed by atoms with E-state index in [1.54, 1.807) is 12.0 Å². The second-order valence-corrected chi connectivity index (χ2v) is 5.16. The van der Waals surface area contributed by atoms with Crippen LogP contribution in [0.4, 0.5) is 0 Å². The van der Waals surface area contributed by atoms with E-state index in [0.717, 1.165) is 16.9 Å². The zero-order chi connectivity index (χ0) is 13.8. The van der Waals surface area contributed by atoms with Crippen LogP contribution in [0.3, 0.4) is 0 Å². The summed E-state index contributed by atoms with van der Waals surface area (Å²) in [6, 6.07) is 9.67. The molecule has 0 fully saturated rings. The van der Waals surface area contributed by atoms with E-state index >= 15 is 0 Å². The largest absolute Gasteiger partial charge is 0.497 e. The van der Waals surface area contributed by atoms with Crippen LogP contribution in [-0.4, -0.2) is 25.0 Å². The lowest BCUT2D eigenvalue weighted by molar-refractivity contribution is 0.0743. The lowest BCUT2D eigenvalue weighted by Gasteiger charge is -2.25. The van der Waals surface area contributed by atoms with Gasteiger partial charge in [0.2, 0.25) is 0 Å². The van der Waals surface area contributed by atoms with Crippen molar-refractivity contribution in [2.45, 2.75) is 13.0 Å². The molecule has 1 aromatic heterocycles. The van der Waals surface area contributed by atoms with Crippen molar-refractivity contribution in [3.05, 3.63) is 52.2 Å². The van der Waals surface area contributed by atoms with Crippen LogP contribution in [0.2, 0.25) is 0 Å². The highest BCUT2D eigenvalue weighted by Crippen LogP contribution is 2.23. The molecule has 1 amide bonds. The molecule has 0 radical (unpaired) electrons. The molecule has 0 aliphatic carbocycles. The lowest BCUT2D eigenvalue weighted by atomic mass is 10.1. The topological polar surface area (TPSA) is 29.5 Å². The monoisotopic (exact) mass is 275 g/mol. The van der Waals surface area contributed by atoms with Crippen LogP contribution in [0.1, 0.15) is 28.9 Å². The first kappa shape index (κ1) is 13.6. The van der Waals surface area contributed by atoms with E-state index in [-0.39, 0.29) is 11.9 Å². The highest BCUT2D eigenvalue weighted by molar-refractivity contribution is 7.08. The SMILES string of the molecule is COc1ccc(C(C)N(C)C(=O)c2ccsc2)cc1. The number of ether oxygens (including phenoxy) is 1. The molecule has 0 aliphatic heterocycles. The Kier molecular flexibility index (Phi) is 4.22. The first-order valence-corrected chi connectivity index (χ1v) is 7.01. The van der Waals surface area contributed by atoms with Gasteiger partial charge >= 0.3 is 0 Å². The van der Waals surface area contributed by atoms with Crippen LogP contribution < -0.4 is 4.74 Å². The van der Waals surface area contributed by atoms with Gasteiger partial charge in [0.25, 0.3) is 5.91 Å². The Morgan fingerprint density at radius 3 is 2.47 bits per heavy atom. The summed E-state index contributed by atoms with van der Waals surface area (Å²) in [7, 11) is 3.47. The zero-order valence-electron chi connectivity index (χ0n) is 11.3. The van der Waals surface area contributed by atoms with Crippen molar-refractivity contribution in [1.82, 2.24) is 4.90 Å². The number of nitrogens with zero attached hydrogens (tertiary/aromatic N) is 1. The molecule has 1 atom stereocenters. The quantitative estimate of drug-likeness (QED) is 0.853. The Labute approximate surface area is 117 Å². The summed E-state index contributed by atoms with van der Waals surface area (Å²) < 4.78 is 5.14. The maximum atomic E-state index is 12.3. The Balaban J connectivity index is 2.13. The second kappa shape index (κ2) is 5.89. The number of carbonyl (C=O) groups is 1. The normalized spacial score (nSPS) is 11.9. The average molecular weight is 275 g/mol. The fraction of sp³-hybridized carbons (Fsp3) is 0.267. The van der Waals surface area contributed by atoms with Gasteiger partial charge in [0.1, 0.15) is 5.75 Å². The fourth-order valence-electron chi connectivity index (χ4n) is 1.87. The van der Waals surface area contributed by atoms with Crippen LogP contribution in [0.15, 0.2) is 41.1 Å². The zero-order valence-corrected chi connectivity index (χ0v) is 12.1. The molecule has 0 spiro atoms. The third-order valence-corrected chi connectivity index (χ3v) is 3.95. The summed E-state index contributed by atoms with van der Waals surface area (Å²) in [5, 5.41) is 3.79. The Bertz CT molecular complexity index is 534. The fourth-order valence-corrected chi connectivity index (χ4v) is 2.50. The summed E-state index contributed by atoms with van der Waals surface area (Å²) in [6.07, 6.45) is 0. The molecule has 0 saturated carbocycles. The Hall–Kier alpha value is -1.81. The van der Waals surface area contributed by atoms with Gasteiger partial charge in [-0.3, -0.25) is 4.79 Å². The third kappa shape index (κ3) is 2.96. The minimum atomic E-state index is 0.0262. The summed E-state index contributed by atoms with van der Waals surface area (Å²) in [5.74, 6) is 0.868. The molecule has 100 valence electrons. The van der Waals surface area contributed by atoms with Crippen molar-refractivity contribution in [3.8, 4) is 5.75 Å². The summed E-state index contributed by atoms with van der Waals surface area (Å²) >= 11 is 1.53. The van der Waals surface area contributed by atoms with Crippen molar-refractivity contribution in [2.75, 3.05) is 14.2 Å². The van der Waals surface area contributed by atoms with Gasteiger partial charge in [-0.25, -0.2) is 0 Å². The van der Waals surface area contributed by atoms with E-state index in [9.17, 15) is 4.79 Å². The molecular formula is C15H17NO2S. The van der Waals surface area contributed by atoms with E-state index < -0.39 is 0 Å². The van der Waals surface area contributed by atoms with Crippen LogP contribution in [-0.2, 0) is 0 Å². The van der Waals surface area contributed by atoms with Crippen LogP contribution in [0.5, 0.6) is 5.75 Å². The predicted octanol–water partition coefficient (Wildman–Crippen LogP) is 3.59. The van der Waals surface area contributed by atoms with E-state index in [1.165, 1.54) is 11.3 Å². The summed E-state index contributed by atoms with van der Waals surface area (Å²) in [6.45, 7) is 2.02. The van der Waals surface area contributed by atoms with Gasteiger partial charge in [-0.1, -0.05) is 12.1 Å². The number of rotatable bonds is 4. The molecule has 0 saturated heterocycles. The molecule has 2 rings (SSSR count). The first-order chi connectivity index (χ1) is 9.13. The number of hydrogen-bond donors (Lipinski definition) is 0. The Morgan fingerprint density at radius 1 is 1.26 bits per heavy atom. The van der Waals surface area contributed by atoms with Gasteiger partial charge in [-0.2, -0.15) is 11.3 Å². The first-order valence-electron chi connectivity index (χ1n) is 6.06. The number of amides is 1. The van der Waals surface area contributed by atoms with Crippen LogP contribution in [0, 0.1) is 0 Å². The molecule has 1 unspecified atom stereocenters. The Morgan fingerprint density at radius 2 is 1.95 bits per heavy atom. The van der Waals surface area contributed by atoms with Gasteiger partial charge < -0.3 is 9.64 Å². The van der Waals surface area contributed by atoms with E-state index in [2.05, 4.69) is 0 Å². The van der Waals surface area contributed by atoms with Crippen molar-refractivity contribution in [2.24, 2.45) is 0 Å². The summed E-state index contributed by atoms with van der Waals surface area (Å²) in [5.41, 5.74) is 1.83. The molecular weight excluding hydrogens is 258 g/mol. The molecule has 1 heterocycles. The van der Waals surface area contributed by atoms with Gasteiger partial charge in [-0.05, 0) is 36.1 Å². The van der Waals surface area contributed by atoms with Gasteiger partial charge in [0, 0.05) is 12.4 Å². The second-order valence-electron chi connectivity index (χ2n) is 4.38. The molecule has 4 heteroatoms. The minimum absolute atomic E-state index is 0.0262. The smallest absolute Gasteiger partial charge is 0.254 e. The van der Waals surface area contributed by atoms with E-state index in [0.29, 0.717) is 0 Å². The highest BCUT2D eigenvalue weighted by Gasteiger charge is 2.19. The number of thiophene rings is 1. The maximum Gasteiger partial charge on any atom is 0.254 e. The number of benzene rings is 1. The number of methoxy groups -OCH3 is 1. The minimum Gasteiger partial charge on any atom is -0.497 e. The standard InChI is InChI=1S/C15H17NO2S/c1-11(12-4-6-14(18-3)7-5-12)16(2)15(17)13-8-9-19-10-13/h4-11H,1-3H3. The lowest BCUT2D eigenvalue weighted by Crippen LogP contribution is -2.29. The van der Waals surface area contributed by atoms with Crippen molar-refractivity contribution < 1.29 is 9.53 Å². The molecule has 0 aliphatic rings. The molecule has 2 aromatic rings. The van der Waals surface area contributed by atoms with Crippen LogP contribution in [0.25, 0.3) is 0 Å². The molecule has 3 nitrogen and oxygen atoms in total.